The maximum atomic E-state index is 12.4. The Balaban J connectivity index is 1.79. The van der Waals surface area contributed by atoms with Crippen molar-refractivity contribution in [1.29, 1.82) is 0 Å². The summed E-state index contributed by atoms with van der Waals surface area (Å²) in [5, 5.41) is 0.599. The van der Waals surface area contributed by atoms with E-state index in [-0.39, 0.29) is 10.6 Å². The maximum Gasteiger partial charge on any atom is 0.285 e. The molecule has 0 atom stereocenters. The van der Waals surface area contributed by atoms with E-state index in [2.05, 4.69) is 9.71 Å². The number of aryl methyl sites for hydroxylation is 1. The van der Waals surface area contributed by atoms with E-state index in [0.29, 0.717) is 17.4 Å². The number of carbonyl (C=O) groups is 1. The van der Waals surface area contributed by atoms with Crippen molar-refractivity contribution in [2.75, 3.05) is 19.0 Å². The Labute approximate surface area is 175 Å². The first-order chi connectivity index (χ1) is 13.7. The van der Waals surface area contributed by atoms with Crippen LogP contribution in [0.2, 0.25) is 5.02 Å². The molecule has 1 N–H and O–H groups in total. The Kier molecular flexibility index (Phi) is 5.95. The van der Waals surface area contributed by atoms with E-state index in [9.17, 15) is 13.2 Å². The van der Waals surface area contributed by atoms with Crippen LogP contribution in [-0.2, 0) is 16.6 Å². The first-order valence-corrected chi connectivity index (χ1v) is 10.7. The van der Waals surface area contributed by atoms with Crippen molar-refractivity contribution in [3.63, 3.8) is 0 Å². The molecule has 9 heteroatoms. The number of carbonyl (C=O) groups excluding carboxylic acids is 1. The smallest absolute Gasteiger partial charge is 0.285 e. The molecule has 0 saturated heterocycles. The predicted octanol–water partition coefficient (Wildman–Crippen LogP) is 3.08. The fraction of sp³-hybridized carbons (Fsp3) is 0.200. The molecule has 1 amide bonds. The van der Waals surface area contributed by atoms with Crippen LogP contribution >= 0.6 is 11.6 Å². The molecule has 152 valence electrons. The van der Waals surface area contributed by atoms with Gasteiger partial charge in [0.15, 0.2) is 0 Å². The lowest BCUT2D eigenvalue weighted by Gasteiger charge is -2.14. The number of anilines is 1. The van der Waals surface area contributed by atoms with Gasteiger partial charge in [0.05, 0.1) is 11.4 Å². The summed E-state index contributed by atoms with van der Waals surface area (Å²) in [6.07, 6.45) is 1.52. The van der Waals surface area contributed by atoms with E-state index in [1.165, 1.54) is 18.3 Å². The third kappa shape index (κ3) is 4.78. The average Bonchev–Trinajstić information content (AvgIpc) is 3.04. The lowest BCUT2D eigenvalue weighted by Crippen LogP contribution is -2.30. The first-order valence-electron chi connectivity index (χ1n) is 8.79. The van der Waals surface area contributed by atoms with Crippen LogP contribution in [0.15, 0.2) is 59.6 Å². The zero-order valence-corrected chi connectivity index (χ0v) is 17.8. The van der Waals surface area contributed by atoms with E-state index < -0.39 is 15.9 Å². The van der Waals surface area contributed by atoms with Crippen LogP contribution in [0.5, 0.6) is 0 Å². The minimum Gasteiger partial charge on any atom is -0.378 e. The van der Waals surface area contributed by atoms with Gasteiger partial charge in [-0.2, -0.15) is 0 Å². The highest BCUT2D eigenvalue weighted by Gasteiger charge is 2.21. The Morgan fingerprint density at radius 1 is 1.17 bits per heavy atom. The van der Waals surface area contributed by atoms with Gasteiger partial charge in [-0.15, -0.1) is 0 Å². The Hall–Kier alpha value is -2.84. The molecule has 0 fully saturated rings. The largest absolute Gasteiger partial charge is 0.378 e. The van der Waals surface area contributed by atoms with Crippen LogP contribution < -0.4 is 9.62 Å². The van der Waals surface area contributed by atoms with Crippen LogP contribution in [0.1, 0.15) is 21.9 Å². The summed E-state index contributed by atoms with van der Waals surface area (Å²) in [5.41, 5.74) is 1.86. The first kappa shape index (κ1) is 20.9. The fourth-order valence-corrected chi connectivity index (χ4v) is 3.95. The second-order valence-electron chi connectivity index (χ2n) is 6.72. The van der Waals surface area contributed by atoms with Crippen LogP contribution in [0.3, 0.4) is 0 Å². The van der Waals surface area contributed by atoms with Gasteiger partial charge in [0, 0.05) is 31.0 Å². The van der Waals surface area contributed by atoms with Gasteiger partial charge in [-0.05, 0) is 36.8 Å². The Morgan fingerprint density at radius 3 is 2.48 bits per heavy atom. The number of nitrogens with one attached hydrogen (secondary N) is 1. The molecule has 1 aromatic heterocycles. The number of hydrogen-bond donors (Lipinski definition) is 1. The van der Waals surface area contributed by atoms with Gasteiger partial charge >= 0.3 is 0 Å². The molecular formula is C20H21ClN4O3S. The normalized spacial score (nSPS) is 11.3. The molecule has 0 aliphatic carbocycles. The lowest BCUT2D eigenvalue weighted by molar-refractivity contribution is 0.0977. The third-order valence-electron chi connectivity index (χ3n) is 4.38. The number of aromatic nitrogens is 2. The van der Waals surface area contributed by atoms with Gasteiger partial charge in [-0.25, -0.2) is 18.1 Å². The summed E-state index contributed by atoms with van der Waals surface area (Å²) < 4.78 is 28.5. The van der Waals surface area contributed by atoms with Crippen molar-refractivity contribution in [3.8, 4) is 0 Å². The number of benzene rings is 2. The second kappa shape index (κ2) is 8.26. The summed E-state index contributed by atoms with van der Waals surface area (Å²) in [6.45, 7) is 2.15. The maximum absolute atomic E-state index is 12.4. The zero-order chi connectivity index (χ0) is 21.2. The van der Waals surface area contributed by atoms with Crippen molar-refractivity contribution in [3.05, 3.63) is 76.8 Å². The molecule has 0 aliphatic heterocycles. The standard InChI is InChI=1S/C20H21ClN4O3S/c1-14-22-19(20(26)23-29(27,28)17-7-5-4-6-8-17)13-25(14)12-15-9-10-16(24(2)3)11-18(15)21/h4-11,13H,12H2,1-3H3,(H,23,26). The van der Waals surface area contributed by atoms with Crippen LogP contribution in [-0.4, -0.2) is 38.0 Å². The molecule has 0 saturated carbocycles. The second-order valence-corrected chi connectivity index (χ2v) is 8.81. The average molecular weight is 433 g/mol. The van der Waals surface area contributed by atoms with Crippen LogP contribution in [0, 0.1) is 6.92 Å². The van der Waals surface area contributed by atoms with E-state index >= 15 is 0 Å². The molecule has 2 aromatic carbocycles. The number of halogens is 1. The molecule has 0 bridgehead atoms. The molecule has 0 spiro atoms. The van der Waals surface area contributed by atoms with Gasteiger partial charge < -0.3 is 9.47 Å². The monoisotopic (exact) mass is 432 g/mol. The van der Waals surface area contributed by atoms with Gasteiger partial charge in [-0.3, -0.25) is 4.79 Å². The van der Waals surface area contributed by atoms with E-state index in [4.69, 9.17) is 11.6 Å². The number of nitrogens with zero attached hydrogens (tertiary/aromatic N) is 3. The summed E-state index contributed by atoms with van der Waals surface area (Å²) >= 11 is 6.38. The molecule has 3 aromatic rings. The van der Waals surface area contributed by atoms with Crippen molar-refractivity contribution >= 4 is 33.2 Å². The number of imidazole rings is 1. The fourth-order valence-electron chi connectivity index (χ4n) is 2.74. The highest BCUT2D eigenvalue weighted by molar-refractivity contribution is 7.90. The summed E-state index contributed by atoms with van der Waals surface area (Å²) in [6, 6.07) is 13.4. The lowest BCUT2D eigenvalue weighted by atomic mass is 10.2. The molecule has 0 unspecified atom stereocenters. The van der Waals surface area contributed by atoms with Crippen LogP contribution in [0.25, 0.3) is 0 Å². The van der Waals surface area contributed by atoms with Gasteiger partial charge in [0.25, 0.3) is 15.9 Å². The molecule has 0 radical (unpaired) electrons. The van der Waals surface area contributed by atoms with Crippen molar-refractivity contribution in [2.24, 2.45) is 0 Å². The summed E-state index contributed by atoms with van der Waals surface area (Å²) in [4.78, 5) is 18.6. The SMILES string of the molecule is Cc1nc(C(=O)NS(=O)(=O)c2ccccc2)cn1Cc1ccc(N(C)C)cc1Cl. The van der Waals surface area contributed by atoms with Crippen molar-refractivity contribution in [2.45, 2.75) is 18.4 Å². The minimum atomic E-state index is -3.96. The number of amides is 1. The molecule has 29 heavy (non-hydrogen) atoms. The Morgan fingerprint density at radius 2 is 1.86 bits per heavy atom. The Bertz CT molecular complexity index is 1140. The van der Waals surface area contributed by atoms with Gasteiger partial charge in [0.1, 0.15) is 11.5 Å². The van der Waals surface area contributed by atoms with Crippen LogP contribution in [0.4, 0.5) is 5.69 Å². The molecular weight excluding hydrogens is 412 g/mol. The van der Waals surface area contributed by atoms with Gasteiger partial charge in [-0.1, -0.05) is 35.9 Å². The van der Waals surface area contributed by atoms with Crippen molar-refractivity contribution < 1.29 is 13.2 Å². The molecule has 7 nitrogen and oxygen atoms in total. The van der Waals surface area contributed by atoms with E-state index in [1.54, 1.807) is 29.7 Å². The van der Waals surface area contributed by atoms with Crippen molar-refractivity contribution in [1.82, 2.24) is 14.3 Å². The highest BCUT2D eigenvalue weighted by atomic mass is 35.5. The highest BCUT2D eigenvalue weighted by Crippen LogP contribution is 2.24. The molecule has 0 aliphatic rings. The minimum absolute atomic E-state index is 0.0114. The third-order valence-corrected chi connectivity index (χ3v) is 6.08. The summed E-state index contributed by atoms with van der Waals surface area (Å²) in [7, 11) is -0.104. The van der Waals surface area contributed by atoms with Gasteiger partial charge in [0.2, 0.25) is 0 Å². The molecule has 3 rings (SSSR count). The van der Waals surface area contributed by atoms with E-state index in [1.807, 2.05) is 37.2 Å². The summed E-state index contributed by atoms with van der Waals surface area (Å²) in [5.74, 6) is -0.218. The number of sulfonamides is 1. The van der Waals surface area contributed by atoms with E-state index in [0.717, 1.165) is 11.3 Å². The topological polar surface area (TPSA) is 84.3 Å². The predicted molar refractivity (Wildman–Crippen MR) is 113 cm³/mol. The molecule has 1 heterocycles. The zero-order valence-electron chi connectivity index (χ0n) is 16.3. The quantitative estimate of drug-likeness (QED) is 0.647. The number of hydrogen-bond acceptors (Lipinski definition) is 5. The number of rotatable bonds is 6.